The summed E-state index contributed by atoms with van der Waals surface area (Å²) >= 11 is 11.8. The predicted octanol–water partition coefficient (Wildman–Crippen LogP) is 4.09. The molecule has 0 radical (unpaired) electrons. The van der Waals surface area contributed by atoms with Gasteiger partial charge in [0, 0.05) is 69.1 Å². The number of hydrogen-bond donors (Lipinski definition) is 3. The van der Waals surface area contributed by atoms with Crippen LogP contribution in [-0.4, -0.2) is 105 Å². The summed E-state index contributed by atoms with van der Waals surface area (Å²) in [5, 5.41) is 7.52. The molecule has 53 heavy (non-hydrogen) atoms. The lowest BCUT2D eigenvalue weighted by Gasteiger charge is -2.41. The number of benzene rings is 2. The maximum absolute atomic E-state index is 15.4. The third-order valence-electron chi connectivity index (χ3n) is 7.58. The Kier molecular flexibility index (Phi) is 17.5. The minimum atomic E-state index is -2.33. The number of nitrogens with zero attached hydrogens (tertiary/aromatic N) is 1. The standard InChI is InChI=1S/C35H43Cl2FN4O11/c1-21(43)49-20-28-32(50-22(2)44)33(51-23(3)45)31(38)34(52-28)53-35(48)39-19-30(47)41-26-11-9-25(10-12-26)40-29(46)6-4-5-24-7-13-27(14-8-24)42(17-15-36)18-16-37/h7-14,28,31-34H,4-6,15-20H2,1-3H3,(H,39,48)(H,40,46)(H,41,47)/t28-,31-,32-,33-,34+/m1/s1. The van der Waals surface area contributed by atoms with Crippen LogP contribution in [0.5, 0.6) is 0 Å². The van der Waals surface area contributed by atoms with Gasteiger partial charge >= 0.3 is 24.0 Å². The molecule has 1 fully saturated rings. The van der Waals surface area contributed by atoms with Crippen LogP contribution in [0.15, 0.2) is 48.5 Å². The minimum absolute atomic E-state index is 0.173. The molecule has 3 N–H and O–H groups in total. The third-order valence-corrected chi connectivity index (χ3v) is 7.91. The van der Waals surface area contributed by atoms with Gasteiger partial charge in [0.05, 0.1) is 0 Å². The summed E-state index contributed by atoms with van der Waals surface area (Å²) in [5.41, 5.74) is 3.01. The Morgan fingerprint density at radius 3 is 1.89 bits per heavy atom. The molecule has 5 atom stereocenters. The molecule has 2 aromatic rings. The largest absolute Gasteiger partial charge is 0.463 e. The number of amides is 3. The van der Waals surface area contributed by atoms with Crippen LogP contribution in [0.3, 0.4) is 0 Å². The lowest BCUT2D eigenvalue weighted by Crippen LogP contribution is -2.61. The van der Waals surface area contributed by atoms with Crippen molar-refractivity contribution in [1.82, 2.24) is 5.32 Å². The molecule has 3 amide bonds. The van der Waals surface area contributed by atoms with Crippen molar-refractivity contribution in [2.24, 2.45) is 0 Å². The van der Waals surface area contributed by atoms with Gasteiger partial charge in [-0.25, -0.2) is 9.18 Å². The summed E-state index contributed by atoms with van der Waals surface area (Å²) in [4.78, 5) is 74.2. The molecule has 0 saturated carbocycles. The minimum Gasteiger partial charge on any atom is -0.463 e. The number of anilines is 3. The Hall–Kier alpha value is -4.67. The van der Waals surface area contributed by atoms with Gasteiger partial charge in [0.25, 0.3) is 0 Å². The van der Waals surface area contributed by atoms with E-state index < -0.39 is 73.8 Å². The van der Waals surface area contributed by atoms with Crippen LogP contribution in [0.25, 0.3) is 0 Å². The van der Waals surface area contributed by atoms with Crippen molar-refractivity contribution < 1.29 is 56.8 Å². The quantitative estimate of drug-likeness (QED) is 0.112. The average molecular weight is 786 g/mol. The highest BCUT2D eigenvalue weighted by molar-refractivity contribution is 6.18. The van der Waals surface area contributed by atoms with Gasteiger partial charge in [0.15, 0.2) is 12.2 Å². The highest BCUT2D eigenvalue weighted by Crippen LogP contribution is 2.30. The molecule has 15 nitrogen and oxygen atoms in total. The SMILES string of the molecule is CC(=O)OC[C@H]1O[C@@H](OC(=O)NCC(=O)Nc2ccc(NC(=O)CCCc3ccc(N(CCCl)CCCl)cc3)cc2)[C@H](F)[C@@H](OC(C)=O)[C@@H]1OC(C)=O. The van der Waals surface area contributed by atoms with Gasteiger partial charge in [0.1, 0.15) is 19.3 Å². The van der Waals surface area contributed by atoms with E-state index in [1.165, 1.54) is 0 Å². The molecule has 0 aliphatic carbocycles. The summed E-state index contributed by atoms with van der Waals surface area (Å²) in [5.74, 6) is -2.37. The van der Waals surface area contributed by atoms with E-state index in [2.05, 4.69) is 20.9 Å². The monoisotopic (exact) mass is 784 g/mol. The molecule has 1 aliphatic heterocycles. The summed E-state index contributed by atoms with van der Waals surface area (Å²) in [6.07, 6.45) is -8.62. The van der Waals surface area contributed by atoms with Crippen molar-refractivity contribution in [3.8, 4) is 0 Å². The maximum Gasteiger partial charge on any atom is 0.410 e. The van der Waals surface area contributed by atoms with Crippen molar-refractivity contribution in [1.29, 1.82) is 0 Å². The summed E-state index contributed by atoms with van der Waals surface area (Å²) in [6.45, 7) is 3.37. The molecule has 1 saturated heterocycles. The molecule has 3 rings (SSSR count). The number of halogens is 3. The fourth-order valence-corrected chi connectivity index (χ4v) is 5.63. The van der Waals surface area contributed by atoms with Crippen LogP contribution in [0.1, 0.15) is 39.2 Å². The number of nitrogens with one attached hydrogen (secondary N) is 3. The van der Waals surface area contributed by atoms with E-state index in [9.17, 15) is 28.8 Å². The van der Waals surface area contributed by atoms with Gasteiger partial charge in [-0.1, -0.05) is 12.1 Å². The van der Waals surface area contributed by atoms with Crippen LogP contribution in [0.2, 0.25) is 0 Å². The van der Waals surface area contributed by atoms with E-state index in [0.717, 1.165) is 38.4 Å². The van der Waals surface area contributed by atoms with Gasteiger partial charge in [-0.3, -0.25) is 24.0 Å². The molecule has 0 aromatic heterocycles. The van der Waals surface area contributed by atoms with Crippen molar-refractivity contribution in [2.75, 3.05) is 53.5 Å². The number of rotatable bonds is 18. The van der Waals surface area contributed by atoms with Gasteiger partial charge in [-0.05, 0) is 54.8 Å². The van der Waals surface area contributed by atoms with E-state index >= 15 is 4.39 Å². The molecule has 0 spiro atoms. The molecular weight excluding hydrogens is 742 g/mol. The Morgan fingerprint density at radius 2 is 1.34 bits per heavy atom. The molecule has 18 heteroatoms. The zero-order valence-corrected chi connectivity index (χ0v) is 31.0. The lowest BCUT2D eigenvalue weighted by molar-refractivity contribution is -0.278. The number of carbonyl (C=O) groups is 6. The first-order chi connectivity index (χ1) is 25.3. The Labute approximate surface area is 316 Å². The zero-order valence-electron chi connectivity index (χ0n) is 29.4. The molecule has 2 aromatic carbocycles. The van der Waals surface area contributed by atoms with Crippen LogP contribution in [-0.2, 0) is 54.1 Å². The second-order valence-corrected chi connectivity index (χ2v) is 12.5. The van der Waals surface area contributed by atoms with E-state index in [1.807, 2.05) is 24.3 Å². The topological polar surface area (TPSA) is 188 Å². The highest BCUT2D eigenvalue weighted by Gasteiger charge is 2.52. The highest BCUT2D eigenvalue weighted by atomic mass is 35.5. The van der Waals surface area contributed by atoms with Gasteiger partial charge < -0.3 is 44.5 Å². The number of carbonyl (C=O) groups excluding carboxylic acids is 6. The van der Waals surface area contributed by atoms with Crippen molar-refractivity contribution in [2.45, 2.75) is 70.8 Å². The first kappa shape index (κ1) is 42.7. The van der Waals surface area contributed by atoms with Crippen LogP contribution >= 0.6 is 23.2 Å². The molecule has 0 unspecified atom stereocenters. The smallest absolute Gasteiger partial charge is 0.410 e. The first-order valence-electron chi connectivity index (χ1n) is 16.7. The number of hydrogen-bond acceptors (Lipinski definition) is 12. The van der Waals surface area contributed by atoms with Crippen LogP contribution in [0.4, 0.5) is 26.2 Å². The van der Waals surface area contributed by atoms with Crippen molar-refractivity contribution >= 4 is 76.1 Å². The maximum atomic E-state index is 15.4. The van der Waals surface area contributed by atoms with Gasteiger partial charge in [-0.2, -0.15) is 0 Å². The molecular formula is C35H43Cl2FN4O11. The van der Waals surface area contributed by atoms with Crippen molar-refractivity contribution in [3.05, 3.63) is 54.1 Å². The predicted molar refractivity (Wildman–Crippen MR) is 193 cm³/mol. The van der Waals surface area contributed by atoms with E-state index in [1.54, 1.807) is 24.3 Å². The normalized spacial score (nSPS) is 19.2. The Morgan fingerprint density at radius 1 is 0.774 bits per heavy atom. The Balaban J connectivity index is 1.44. The second kappa shape index (κ2) is 21.8. The molecule has 0 bridgehead atoms. The summed E-state index contributed by atoms with van der Waals surface area (Å²) in [6, 6.07) is 14.4. The van der Waals surface area contributed by atoms with Crippen molar-refractivity contribution in [3.63, 3.8) is 0 Å². The molecule has 1 heterocycles. The second-order valence-electron chi connectivity index (χ2n) is 11.8. The Bertz CT molecular complexity index is 1550. The summed E-state index contributed by atoms with van der Waals surface area (Å²) < 4.78 is 40.8. The third kappa shape index (κ3) is 14.7. The summed E-state index contributed by atoms with van der Waals surface area (Å²) in [7, 11) is 0. The average Bonchev–Trinajstić information content (AvgIpc) is 3.10. The van der Waals surface area contributed by atoms with Gasteiger partial charge in [-0.15, -0.1) is 23.2 Å². The number of ether oxygens (including phenoxy) is 5. The number of alkyl carbamates (subject to hydrolysis) is 1. The lowest BCUT2D eigenvalue weighted by atomic mass is 9.99. The fraction of sp³-hybridized carbons (Fsp3) is 0.486. The first-order valence-corrected chi connectivity index (χ1v) is 17.7. The van der Waals surface area contributed by atoms with Gasteiger partial charge in [0.2, 0.25) is 24.3 Å². The van der Waals surface area contributed by atoms with Crippen LogP contribution < -0.4 is 20.9 Å². The zero-order chi connectivity index (χ0) is 38.9. The number of alkyl halides is 3. The van der Waals surface area contributed by atoms with E-state index in [4.69, 9.17) is 46.9 Å². The molecule has 1 aliphatic rings. The van der Waals surface area contributed by atoms with E-state index in [0.29, 0.717) is 49.1 Å². The number of aryl methyl sites for hydroxylation is 1. The fourth-order valence-electron chi connectivity index (χ4n) is 5.22. The number of esters is 3. The van der Waals surface area contributed by atoms with E-state index in [-0.39, 0.29) is 5.91 Å². The molecule has 290 valence electrons. The van der Waals surface area contributed by atoms with Crippen LogP contribution in [0, 0.1) is 0 Å².